The zero-order chi connectivity index (χ0) is 18.5. The second kappa shape index (κ2) is 9.48. The first kappa shape index (κ1) is 20.9. The Kier molecular flexibility index (Phi) is 7.33. The van der Waals surface area contributed by atoms with Gasteiger partial charge in [0.05, 0.1) is 11.6 Å². The molecule has 144 valence electrons. The predicted octanol–water partition coefficient (Wildman–Crippen LogP) is 2.21. The number of carbonyl (C=O) groups is 2. The topological polar surface area (TPSA) is 74.3 Å². The zero-order valence-electron chi connectivity index (χ0n) is 15.6. The van der Waals surface area contributed by atoms with E-state index in [9.17, 15) is 9.59 Å². The number of aromatic nitrogens is 1. The van der Waals surface area contributed by atoms with E-state index in [-0.39, 0.29) is 30.3 Å². The second-order valence-electron chi connectivity index (χ2n) is 6.32. The van der Waals surface area contributed by atoms with Crippen LogP contribution < -0.4 is 10.6 Å². The molecule has 0 radical (unpaired) electrons. The fourth-order valence-corrected chi connectivity index (χ4v) is 3.17. The van der Waals surface area contributed by atoms with Crippen LogP contribution in [0.1, 0.15) is 44.9 Å². The Morgan fingerprint density at radius 3 is 2.56 bits per heavy atom. The molecule has 0 saturated carbocycles. The van der Waals surface area contributed by atoms with Gasteiger partial charge in [0, 0.05) is 32.9 Å². The van der Waals surface area contributed by atoms with E-state index in [1.807, 2.05) is 4.90 Å². The lowest BCUT2D eigenvalue weighted by Gasteiger charge is -2.36. The van der Waals surface area contributed by atoms with Crippen LogP contribution in [0.5, 0.6) is 0 Å². The van der Waals surface area contributed by atoms with Crippen LogP contribution in [0.3, 0.4) is 0 Å². The summed E-state index contributed by atoms with van der Waals surface area (Å²) < 4.78 is 0. The Morgan fingerprint density at radius 2 is 1.96 bits per heavy atom. The summed E-state index contributed by atoms with van der Waals surface area (Å²) in [5, 5.41) is 5.89. The molecule has 1 aromatic heterocycles. The van der Waals surface area contributed by atoms with E-state index in [1.54, 1.807) is 19.2 Å². The second-order valence-corrected chi connectivity index (χ2v) is 6.32. The number of aryl methyl sites for hydroxylation is 1. The first-order valence-electron chi connectivity index (χ1n) is 8.92. The standard InChI is InChI=1S/C20H24N4O2.ClH/c1-3-14-4-6-15(7-5-14)18-13-22-10-11-24(18)20(26)16-8-9-17(23-12-16)19(25)21-2;/h4-9,12,18,22H,3,10-11,13H2,1-2H3,(H,21,25);1H. The summed E-state index contributed by atoms with van der Waals surface area (Å²) in [5.41, 5.74) is 3.20. The molecule has 0 bridgehead atoms. The summed E-state index contributed by atoms with van der Waals surface area (Å²) >= 11 is 0. The van der Waals surface area contributed by atoms with Gasteiger partial charge in [0.1, 0.15) is 5.69 Å². The van der Waals surface area contributed by atoms with Crippen LogP contribution in [-0.4, -0.2) is 48.4 Å². The fraction of sp³-hybridized carbons (Fsp3) is 0.350. The van der Waals surface area contributed by atoms with Gasteiger partial charge in [-0.15, -0.1) is 12.4 Å². The first-order valence-corrected chi connectivity index (χ1v) is 8.92. The molecular formula is C20H25ClN4O2. The maximum absolute atomic E-state index is 13.0. The third-order valence-corrected chi connectivity index (χ3v) is 4.75. The van der Waals surface area contributed by atoms with E-state index in [4.69, 9.17) is 0 Å². The molecule has 2 N–H and O–H groups in total. The van der Waals surface area contributed by atoms with Crippen LogP contribution in [0.2, 0.25) is 0 Å². The SMILES string of the molecule is CCc1ccc(C2CNCCN2C(=O)c2ccc(C(=O)NC)nc2)cc1.Cl. The molecule has 1 atom stereocenters. The smallest absolute Gasteiger partial charge is 0.269 e. The number of piperazine rings is 1. The van der Waals surface area contributed by atoms with Gasteiger partial charge < -0.3 is 15.5 Å². The van der Waals surface area contributed by atoms with Gasteiger partial charge in [-0.2, -0.15) is 0 Å². The summed E-state index contributed by atoms with van der Waals surface area (Å²) in [6.07, 6.45) is 2.47. The number of nitrogens with zero attached hydrogens (tertiary/aromatic N) is 2. The van der Waals surface area contributed by atoms with E-state index in [0.29, 0.717) is 17.8 Å². The third kappa shape index (κ3) is 4.64. The van der Waals surface area contributed by atoms with Crippen LogP contribution >= 0.6 is 12.4 Å². The molecule has 7 heteroatoms. The number of pyridine rings is 1. The van der Waals surface area contributed by atoms with Gasteiger partial charge in [-0.05, 0) is 29.7 Å². The molecule has 27 heavy (non-hydrogen) atoms. The minimum atomic E-state index is -0.264. The van der Waals surface area contributed by atoms with Crippen molar-refractivity contribution in [1.82, 2.24) is 20.5 Å². The monoisotopic (exact) mass is 388 g/mol. The lowest BCUT2D eigenvalue weighted by Crippen LogP contribution is -2.48. The molecule has 2 heterocycles. The number of hydrogen-bond acceptors (Lipinski definition) is 4. The maximum Gasteiger partial charge on any atom is 0.269 e. The van der Waals surface area contributed by atoms with Crippen LogP contribution in [0.4, 0.5) is 0 Å². The molecule has 6 nitrogen and oxygen atoms in total. The van der Waals surface area contributed by atoms with Gasteiger partial charge in [0.25, 0.3) is 11.8 Å². The Hall–Kier alpha value is -2.44. The van der Waals surface area contributed by atoms with E-state index in [0.717, 1.165) is 25.1 Å². The fourth-order valence-electron chi connectivity index (χ4n) is 3.17. The predicted molar refractivity (Wildman–Crippen MR) is 107 cm³/mol. The number of rotatable bonds is 4. The van der Waals surface area contributed by atoms with Crippen molar-refractivity contribution < 1.29 is 9.59 Å². The molecule has 1 aromatic carbocycles. The van der Waals surface area contributed by atoms with Gasteiger partial charge in [-0.1, -0.05) is 31.2 Å². The molecule has 1 unspecified atom stereocenters. The van der Waals surface area contributed by atoms with Crippen molar-refractivity contribution in [3.05, 3.63) is 65.0 Å². The first-order chi connectivity index (χ1) is 12.6. The summed E-state index contributed by atoms with van der Waals surface area (Å²) in [5.74, 6) is -0.327. The van der Waals surface area contributed by atoms with Gasteiger partial charge in [-0.3, -0.25) is 14.6 Å². The number of halogens is 1. The number of benzene rings is 1. The highest BCUT2D eigenvalue weighted by molar-refractivity contribution is 5.96. The Labute approximate surface area is 165 Å². The van der Waals surface area contributed by atoms with Gasteiger partial charge >= 0.3 is 0 Å². The lowest BCUT2D eigenvalue weighted by molar-refractivity contribution is 0.0633. The molecule has 3 rings (SSSR count). The molecule has 1 aliphatic rings. The maximum atomic E-state index is 13.0. The van der Waals surface area contributed by atoms with E-state index >= 15 is 0 Å². The molecule has 0 aliphatic carbocycles. The largest absolute Gasteiger partial charge is 0.354 e. The number of carbonyl (C=O) groups excluding carboxylic acids is 2. The summed E-state index contributed by atoms with van der Waals surface area (Å²) in [4.78, 5) is 30.6. The summed E-state index contributed by atoms with van der Waals surface area (Å²) in [7, 11) is 1.55. The molecule has 1 aliphatic heterocycles. The minimum Gasteiger partial charge on any atom is -0.354 e. The molecule has 1 fully saturated rings. The minimum absolute atomic E-state index is 0. The Bertz CT molecular complexity index is 778. The normalized spacial score (nSPS) is 16.4. The van der Waals surface area contributed by atoms with Gasteiger partial charge in [-0.25, -0.2) is 0 Å². The Morgan fingerprint density at radius 1 is 1.22 bits per heavy atom. The molecular weight excluding hydrogens is 364 g/mol. The van der Waals surface area contributed by atoms with E-state index < -0.39 is 0 Å². The number of amides is 2. The van der Waals surface area contributed by atoms with Crippen molar-refractivity contribution >= 4 is 24.2 Å². The lowest BCUT2D eigenvalue weighted by atomic mass is 10.00. The highest BCUT2D eigenvalue weighted by Crippen LogP contribution is 2.24. The Balaban J connectivity index is 0.00000261. The van der Waals surface area contributed by atoms with Crippen molar-refractivity contribution in [2.75, 3.05) is 26.7 Å². The quantitative estimate of drug-likeness (QED) is 0.842. The van der Waals surface area contributed by atoms with Gasteiger partial charge in [0.2, 0.25) is 0 Å². The van der Waals surface area contributed by atoms with Crippen molar-refractivity contribution in [1.29, 1.82) is 0 Å². The van der Waals surface area contributed by atoms with Crippen molar-refractivity contribution in [3.63, 3.8) is 0 Å². The van der Waals surface area contributed by atoms with Crippen LogP contribution in [0.25, 0.3) is 0 Å². The molecule has 2 aromatic rings. The van der Waals surface area contributed by atoms with E-state index in [1.165, 1.54) is 11.8 Å². The molecule has 2 amide bonds. The van der Waals surface area contributed by atoms with E-state index in [2.05, 4.69) is 46.8 Å². The van der Waals surface area contributed by atoms with Crippen LogP contribution in [-0.2, 0) is 6.42 Å². The summed E-state index contributed by atoms with van der Waals surface area (Å²) in [6, 6.07) is 11.7. The average molecular weight is 389 g/mol. The highest BCUT2D eigenvalue weighted by atomic mass is 35.5. The van der Waals surface area contributed by atoms with Crippen LogP contribution in [0.15, 0.2) is 42.6 Å². The molecule has 1 saturated heterocycles. The third-order valence-electron chi connectivity index (χ3n) is 4.75. The van der Waals surface area contributed by atoms with Gasteiger partial charge in [0.15, 0.2) is 0 Å². The van der Waals surface area contributed by atoms with Crippen LogP contribution in [0, 0.1) is 0 Å². The highest BCUT2D eigenvalue weighted by Gasteiger charge is 2.28. The average Bonchev–Trinajstić information content (AvgIpc) is 2.73. The van der Waals surface area contributed by atoms with Crippen molar-refractivity contribution in [3.8, 4) is 0 Å². The van der Waals surface area contributed by atoms with Crippen molar-refractivity contribution in [2.45, 2.75) is 19.4 Å². The number of nitrogens with one attached hydrogen (secondary N) is 2. The summed E-state index contributed by atoms with van der Waals surface area (Å²) in [6.45, 7) is 4.25. The molecule has 0 spiro atoms. The van der Waals surface area contributed by atoms with Crippen molar-refractivity contribution in [2.24, 2.45) is 0 Å². The number of hydrogen-bond donors (Lipinski definition) is 2. The zero-order valence-corrected chi connectivity index (χ0v) is 16.4.